The van der Waals surface area contributed by atoms with Crippen LogP contribution in [0.5, 0.6) is 11.5 Å². The zero-order chi connectivity index (χ0) is 28.7. The van der Waals surface area contributed by atoms with Crippen LogP contribution in [0.3, 0.4) is 0 Å². The summed E-state index contributed by atoms with van der Waals surface area (Å²) in [6, 6.07) is 33.2. The second-order valence-corrected chi connectivity index (χ2v) is 10.8. The fourth-order valence-corrected chi connectivity index (χ4v) is 6.28. The zero-order valence-corrected chi connectivity index (χ0v) is 24.4. The molecular formula is C34H28IO6-. The van der Waals surface area contributed by atoms with Gasteiger partial charge in [0.15, 0.2) is 0 Å². The summed E-state index contributed by atoms with van der Waals surface area (Å²) >= 11 is -0.880. The first kappa shape index (κ1) is 28.2. The van der Waals surface area contributed by atoms with Crippen molar-refractivity contribution in [2.24, 2.45) is 0 Å². The molecule has 0 N–H and O–H groups in total. The van der Waals surface area contributed by atoms with E-state index in [4.69, 9.17) is 17.3 Å². The van der Waals surface area contributed by atoms with E-state index >= 15 is 0 Å². The normalized spacial score (nSPS) is 12.5. The molecule has 4 aromatic rings. The summed E-state index contributed by atoms with van der Waals surface area (Å²) in [5.74, 6) is 0.490. The van der Waals surface area contributed by atoms with Crippen LogP contribution in [0.2, 0.25) is 0 Å². The number of esters is 1. The fraction of sp³-hybridized carbons (Fsp3) is 0.118. The Morgan fingerprint density at radius 3 is 1.71 bits per heavy atom. The molecule has 0 bridgehead atoms. The Hall–Kier alpha value is -4.37. The van der Waals surface area contributed by atoms with Crippen molar-refractivity contribution >= 4 is 11.9 Å². The predicted molar refractivity (Wildman–Crippen MR) is 152 cm³/mol. The van der Waals surface area contributed by atoms with Crippen molar-refractivity contribution in [2.75, 3.05) is 17.8 Å². The van der Waals surface area contributed by atoms with E-state index in [0.717, 1.165) is 23.3 Å². The third-order valence-electron chi connectivity index (χ3n) is 6.85. The summed E-state index contributed by atoms with van der Waals surface area (Å²) in [6.07, 6.45) is 2.29. The third kappa shape index (κ3) is 5.76. The molecule has 4 aromatic carbocycles. The first-order valence-electron chi connectivity index (χ1n) is 13.0. The van der Waals surface area contributed by atoms with Crippen molar-refractivity contribution in [3.05, 3.63) is 145 Å². The molecule has 0 atom stereocenters. The van der Waals surface area contributed by atoms with Gasteiger partial charge in [-0.3, -0.25) is 0 Å². The Kier molecular flexibility index (Phi) is 8.84. The van der Waals surface area contributed by atoms with Crippen LogP contribution >= 0.6 is 0 Å². The minimum atomic E-state index is -0.880. The number of carbonyl (C=O) groups is 2. The van der Waals surface area contributed by atoms with Crippen LogP contribution < -0.4 is 31.1 Å². The molecule has 0 saturated heterocycles. The molecule has 6 nitrogen and oxygen atoms in total. The van der Waals surface area contributed by atoms with Gasteiger partial charge in [0.2, 0.25) is 0 Å². The third-order valence-corrected chi connectivity index (χ3v) is 8.16. The average Bonchev–Trinajstić information content (AvgIpc) is 3.33. The van der Waals surface area contributed by atoms with Crippen LogP contribution in [-0.4, -0.2) is 29.8 Å². The van der Waals surface area contributed by atoms with Crippen molar-refractivity contribution in [2.45, 2.75) is 5.41 Å². The SMILES string of the molecule is C=CC(=O)OCCOc1ccc(C2(c3ccc(OC[I-]OC(=O)C=C)cc3)c3ccccc3-c3ccccc32)cc1. The van der Waals surface area contributed by atoms with E-state index < -0.39 is 39.0 Å². The van der Waals surface area contributed by atoms with Crippen LogP contribution in [-0.2, 0) is 22.8 Å². The number of benzene rings is 4. The summed E-state index contributed by atoms with van der Waals surface area (Å²) < 4.78 is 22.2. The topological polar surface area (TPSA) is 71.1 Å². The van der Waals surface area contributed by atoms with Gasteiger partial charge in [-0.15, -0.1) is 0 Å². The Labute approximate surface area is 250 Å². The molecule has 0 radical (unpaired) electrons. The Balaban J connectivity index is 1.48. The Morgan fingerprint density at radius 1 is 0.659 bits per heavy atom. The number of hydrogen-bond donors (Lipinski definition) is 0. The number of alkyl halides is 1. The van der Waals surface area contributed by atoms with Crippen molar-refractivity contribution in [1.29, 1.82) is 0 Å². The average molecular weight is 659 g/mol. The fourth-order valence-electron chi connectivity index (χ4n) is 5.18. The van der Waals surface area contributed by atoms with Crippen LogP contribution in [0.4, 0.5) is 0 Å². The number of fused-ring (bicyclic) bond motifs is 3. The van der Waals surface area contributed by atoms with Gasteiger partial charge in [0.1, 0.15) is 13.2 Å². The van der Waals surface area contributed by atoms with Gasteiger partial charge in [-0.25, -0.2) is 4.79 Å². The van der Waals surface area contributed by atoms with E-state index in [9.17, 15) is 9.59 Å². The van der Waals surface area contributed by atoms with Gasteiger partial charge in [-0.2, -0.15) is 0 Å². The molecule has 0 unspecified atom stereocenters. The molecule has 0 aliphatic heterocycles. The first-order valence-corrected chi connectivity index (χ1v) is 15.4. The van der Waals surface area contributed by atoms with E-state index in [1.54, 1.807) is 0 Å². The molecule has 208 valence electrons. The number of ether oxygens (including phenoxy) is 3. The van der Waals surface area contributed by atoms with Crippen LogP contribution in [0.25, 0.3) is 11.1 Å². The van der Waals surface area contributed by atoms with Gasteiger partial charge in [0.25, 0.3) is 0 Å². The molecule has 0 heterocycles. The molecule has 0 spiro atoms. The van der Waals surface area contributed by atoms with E-state index in [1.807, 2.05) is 24.3 Å². The van der Waals surface area contributed by atoms with Crippen LogP contribution in [0.1, 0.15) is 22.3 Å². The molecule has 41 heavy (non-hydrogen) atoms. The number of rotatable bonds is 12. The second kappa shape index (κ2) is 12.9. The van der Waals surface area contributed by atoms with Crippen LogP contribution in [0, 0.1) is 0 Å². The van der Waals surface area contributed by atoms with Gasteiger partial charge in [0.05, 0.1) is 0 Å². The Bertz CT molecular complexity index is 1440. The van der Waals surface area contributed by atoms with E-state index in [0.29, 0.717) is 16.1 Å². The molecule has 7 heteroatoms. The zero-order valence-electron chi connectivity index (χ0n) is 22.3. The molecule has 5 rings (SSSR count). The van der Waals surface area contributed by atoms with Gasteiger partial charge in [-0.1, -0.05) is 6.58 Å². The summed E-state index contributed by atoms with van der Waals surface area (Å²) in [5.41, 5.74) is 6.42. The molecule has 0 saturated carbocycles. The monoisotopic (exact) mass is 659 g/mol. The van der Waals surface area contributed by atoms with E-state index in [1.165, 1.54) is 22.3 Å². The van der Waals surface area contributed by atoms with E-state index in [-0.39, 0.29) is 13.2 Å². The molecule has 1 aliphatic rings. The molecule has 0 aromatic heterocycles. The van der Waals surface area contributed by atoms with Crippen LogP contribution in [0.15, 0.2) is 122 Å². The summed E-state index contributed by atoms with van der Waals surface area (Å²) in [6.45, 7) is 7.20. The number of hydrogen-bond acceptors (Lipinski definition) is 6. The maximum absolute atomic E-state index is 11.3. The number of halogens is 1. The summed E-state index contributed by atoms with van der Waals surface area (Å²) in [5, 5.41) is 0. The van der Waals surface area contributed by atoms with Crippen molar-refractivity contribution in [3.8, 4) is 22.6 Å². The quantitative estimate of drug-likeness (QED) is 0.0674. The van der Waals surface area contributed by atoms with Gasteiger partial charge in [-0.05, 0) is 0 Å². The first-order chi connectivity index (χ1) is 20.1. The van der Waals surface area contributed by atoms with Crippen molar-refractivity contribution in [1.82, 2.24) is 0 Å². The minimum absolute atomic E-state index is 0.143. The maximum atomic E-state index is 11.3. The van der Waals surface area contributed by atoms with Gasteiger partial charge < -0.3 is 4.74 Å². The van der Waals surface area contributed by atoms with Crippen molar-refractivity contribution in [3.63, 3.8) is 0 Å². The van der Waals surface area contributed by atoms with Gasteiger partial charge in [0, 0.05) is 6.08 Å². The molecule has 0 fully saturated rings. The molecule has 0 amide bonds. The Morgan fingerprint density at radius 2 is 1.17 bits per heavy atom. The number of carbonyl (C=O) groups excluding carboxylic acids is 2. The van der Waals surface area contributed by atoms with Crippen molar-refractivity contribution < 1.29 is 48.5 Å². The summed E-state index contributed by atoms with van der Waals surface area (Å²) in [7, 11) is 0. The van der Waals surface area contributed by atoms with E-state index in [2.05, 4.69) is 86.0 Å². The standard InChI is InChI=1S/C34H28IO6/c1-3-32(36)39-22-21-38-26-17-13-24(14-18-26)34(25-15-19-27(20-16-25)40-23-35-41-33(37)4-2)30-11-7-5-9-28(30)29-10-6-8-12-31(29)34/h3-20H,1-2,21-23H2/q-1. The second-order valence-electron chi connectivity index (χ2n) is 9.07. The molecular weight excluding hydrogens is 631 g/mol. The predicted octanol–water partition coefficient (Wildman–Crippen LogP) is 3.23. The molecule has 1 aliphatic carbocycles. The van der Waals surface area contributed by atoms with Gasteiger partial charge >= 0.3 is 216 Å². The summed E-state index contributed by atoms with van der Waals surface area (Å²) in [4.78, 5) is 22.6.